The number of rotatable bonds is 9. The zero-order valence-electron chi connectivity index (χ0n) is 22.1. The van der Waals surface area contributed by atoms with Gasteiger partial charge in [0.05, 0.1) is 5.69 Å². The van der Waals surface area contributed by atoms with E-state index in [-0.39, 0.29) is 17.2 Å². The molecule has 1 fully saturated rings. The van der Waals surface area contributed by atoms with Crippen LogP contribution in [0.2, 0.25) is 0 Å². The van der Waals surface area contributed by atoms with Crippen LogP contribution in [0.25, 0.3) is 16.9 Å². The lowest BCUT2D eigenvalue weighted by Gasteiger charge is -2.16. The third-order valence-electron chi connectivity index (χ3n) is 6.95. The SMILES string of the molecule is Cc1ccc(-c2cc[nH]c2/C(=C\C=N)Oc2ccc(NC(=O)C3(C(=O)Nc4ccc(F)cc4)CC3)cc2F)cc1N. The number of carbonyl (C=O) groups is 2. The molecule has 3 aromatic carbocycles. The van der Waals surface area contributed by atoms with E-state index in [1.807, 2.05) is 31.2 Å². The highest BCUT2D eigenvalue weighted by Gasteiger charge is 2.56. The Hall–Kier alpha value is -5.25. The fourth-order valence-electron chi connectivity index (χ4n) is 4.36. The number of nitrogens with one attached hydrogen (secondary N) is 4. The van der Waals surface area contributed by atoms with E-state index in [4.69, 9.17) is 15.9 Å². The number of H-pyrrole nitrogens is 1. The molecule has 0 unspecified atom stereocenters. The number of aromatic amines is 1. The molecular weight excluding hydrogens is 528 g/mol. The van der Waals surface area contributed by atoms with E-state index in [2.05, 4.69) is 15.6 Å². The monoisotopic (exact) mass is 555 g/mol. The quantitative estimate of drug-likeness (QED) is 0.0720. The van der Waals surface area contributed by atoms with Crippen LogP contribution in [0.3, 0.4) is 0 Å². The normalized spacial score (nSPS) is 13.8. The Morgan fingerprint density at radius 3 is 2.29 bits per heavy atom. The van der Waals surface area contributed by atoms with Crippen LogP contribution in [0.15, 0.2) is 79.0 Å². The summed E-state index contributed by atoms with van der Waals surface area (Å²) < 4.78 is 34.2. The van der Waals surface area contributed by atoms with Crippen LogP contribution < -0.4 is 21.1 Å². The first-order chi connectivity index (χ1) is 19.7. The molecule has 2 amide bonds. The Kier molecular flexibility index (Phi) is 7.39. The summed E-state index contributed by atoms with van der Waals surface area (Å²) in [5, 5.41) is 12.8. The number of hydrogen-bond donors (Lipinski definition) is 5. The summed E-state index contributed by atoms with van der Waals surface area (Å²) in [4.78, 5) is 28.9. The first kappa shape index (κ1) is 27.3. The molecule has 6 N–H and O–H groups in total. The number of anilines is 3. The molecule has 1 saturated carbocycles. The van der Waals surface area contributed by atoms with Crippen molar-refractivity contribution in [2.75, 3.05) is 16.4 Å². The van der Waals surface area contributed by atoms with Gasteiger partial charge in [-0.1, -0.05) is 12.1 Å². The highest BCUT2D eigenvalue weighted by molar-refractivity contribution is 6.16. The van der Waals surface area contributed by atoms with Gasteiger partial charge in [-0.25, -0.2) is 8.78 Å². The molecule has 10 heteroatoms. The molecule has 0 atom stereocenters. The Morgan fingerprint density at radius 1 is 0.976 bits per heavy atom. The average molecular weight is 556 g/mol. The number of allylic oxidation sites excluding steroid dienone is 1. The molecule has 8 nitrogen and oxygen atoms in total. The zero-order valence-corrected chi connectivity index (χ0v) is 22.1. The number of aromatic nitrogens is 1. The second kappa shape index (κ2) is 11.1. The Balaban J connectivity index is 1.30. The van der Waals surface area contributed by atoms with Gasteiger partial charge in [0.15, 0.2) is 17.3 Å². The number of carbonyl (C=O) groups excluding carboxylic acids is 2. The smallest absolute Gasteiger partial charge is 0.240 e. The van der Waals surface area contributed by atoms with Crippen molar-refractivity contribution in [3.05, 3.63) is 102 Å². The third kappa shape index (κ3) is 5.72. The van der Waals surface area contributed by atoms with Gasteiger partial charge >= 0.3 is 0 Å². The van der Waals surface area contributed by atoms with Gasteiger partial charge in [0.1, 0.15) is 11.2 Å². The standard InChI is InChI=1S/C31H27F2N5O3/c1-18-2-3-19(16-25(18)35)23-11-15-36-28(23)27(10-14-34)41-26-9-8-22(17-24(26)33)38-30(40)31(12-13-31)29(39)37-21-6-4-20(32)5-7-21/h2-11,14-17,34,36H,12-13,35H2,1H3,(H,37,39)(H,38,40)/b27-10+,34-14?. The maximum atomic E-state index is 15.2. The molecule has 5 rings (SSSR count). The average Bonchev–Trinajstić information content (AvgIpc) is 3.63. The molecule has 1 aliphatic carbocycles. The van der Waals surface area contributed by atoms with E-state index in [0.29, 0.717) is 29.9 Å². The van der Waals surface area contributed by atoms with Crippen molar-refractivity contribution < 1.29 is 23.1 Å². The molecule has 1 aromatic heterocycles. The Labute approximate surface area is 234 Å². The fraction of sp³-hybridized carbons (Fsp3) is 0.129. The summed E-state index contributed by atoms with van der Waals surface area (Å²) in [6, 6.07) is 16.6. The summed E-state index contributed by atoms with van der Waals surface area (Å²) in [6.07, 6.45) is 4.79. The van der Waals surface area contributed by atoms with Crippen molar-refractivity contribution in [3.63, 3.8) is 0 Å². The van der Waals surface area contributed by atoms with E-state index in [0.717, 1.165) is 29.0 Å². The molecule has 0 radical (unpaired) electrons. The number of aryl methyl sites for hydroxylation is 1. The van der Waals surface area contributed by atoms with Gasteiger partial charge in [0.25, 0.3) is 0 Å². The fourth-order valence-corrected chi connectivity index (χ4v) is 4.36. The van der Waals surface area contributed by atoms with E-state index in [1.165, 1.54) is 42.5 Å². The van der Waals surface area contributed by atoms with Crippen molar-refractivity contribution >= 4 is 40.9 Å². The van der Waals surface area contributed by atoms with Crippen LogP contribution in [0, 0.1) is 29.4 Å². The number of hydrogen-bond acceptors (Lipinski definition) is 5. The minimum absolute atomic E-state index is 0.129. The summed E-state index contributed by atoms with van der Waals surface area (Å²) >= 11 is 0. The summed E-state index contributed by atoms with van der Waals surface area (Å²) in [5.74, 6) is -2.21. The lowest BCUT2D eigenvalue weighted by atomic mass is 10.0. The minimum Gasteiger partial charge on any atom is -0.452 e. The Bertz CT molecular complexity index is 1670. The topological polar surface area (TPSA) is 133 Å². The first-order valence-corrected chi connectivity index (χ1v) is 12.8. The van der Waals surface area contributed by atoms with Crippen molar-refractivity contribution in [1.29, 1.82) is 5.41 Å². The molecule has 0 saturated heterocycles. The van der Waals surface area contributed by atoms with Gasteiger partial charge in [-0.3, -0.25) is 9.59 Å². The van der Waals surface area contributed by atoms with E-state index in [1.54, 1.807) is 6.20 Å². The second-order valence-corrected chi connectivity index (χ2v) is 9.78. The van der Waals surface area contributed by atoms with Gasteiger partial charge in [0.2, 0.25) is 11.8 Å². The predicted octanol–water partition coefficient (Wildman–Crippen LogP) is 6.28. The molecule has 4 aromatic rings. The minimum atomic E-state index is -1.29. The van der Waals surface area contributed by atoms with Crippen LogP contribution in [0.1, 0.15) is 24.1 Å². The molecule has 1 heterocycles. The highest BCUT2D eigenvalue weighted by atomic mass is 19.1. The van der Waals surface area contributed by atoms with Gasteiger partial charge in [0, 0.05) is 47.2 Å². The summed E-state index contributed by atoms with van der Waals surface area (Å²) in [7, 11) is 0. The van der Waals surface area contributed by atoms with E-state index < -0.39 is 28.9 Å². The zero-order chi connectivity index (χ0) is 29.1. The third-order valence-corrected chi connectivity index (χ3v) is 6.95. The highest BCUT2D eigenvalue weighted by Crippen LogP contribution is 2.47. The van der Waals surface area contributed by atoms with Crippen LogP contribution in [0.4, 0.5) is 25.8 Å². The van der Waals surface area contributed by atoms with Crippen molar-refractivity contribution in [2.24, 2.45) is 5.41 Å². The number of halogens is 2. The number of nitrogen functional groups attached to an aromatic ring is 1. The maximum absolute atomic E-state index is 15.2. The second-order valence-electron chi connectivity index (χ2n) is 9.78. The van der Waals surface area contributed by atoms with E-state index >= 15 is 4.39 Å². The number of nitrogens with two attached hydrogens (primary N) is 1. The molecule has 0 aliphatic heterocycles. The molecular formula is C31H27F2N5O3. The van der Waals surface area contributed by atoms with Crippen molar-refractivity contribution in [3.8, 4) is 16.9 Å². The number of amides is 2. The van der Waals surface area contributed by atoms with E-state index in [9.17, 15) is 14.0 Å². The van der Waals surface area contributed by atoms with Gasteiger partial charge in [-0.05, 0) is 79.4 Å². The number of benzene rings is 3. The molecule has 1 aliphatic rings. The van der Waals surface area contributed by atoms with Gasteiger partial charge in [-0.2, -0.15) is 0 Å². The Morgan fingerprint density at radius 2 is 1.66 bits per heavy atom. The first-order valence-electron chi connectivity index (χ1n) is 12.8. The van der Waals surface area contributed by atoms with Crippen molar-refractivity contribution in [2.45, 2.75) is 19.8 Å². The van der Waals surface area contributed by atoms with Gasteiger partial charge < -0.3 is 31.5 Å². The van der Waals surface area contributed by atoms with Crippen molar-refractivity contribution in [1.82, 2.24) is 4.98 Å². The summed E-state index contributed by atoms with van der Waals surface area (Å²) in [5.41, 5.74) is 8.97. The number of ether oxygens (including phenoxy) is 1. The van der Waals surface area contributed by atoms with Crippen LogP contribution >= 0.6 is 0 Å². The predicted molar refractivity (Wildman–Crippen MR) is 154 cm³/mol. The maximum Gasteiger partial charge on any atom is 0.240 e. The lowest BCUT2D eigenvalue weighted by Crippen LogP contribution is -2.35. The molecule has 0 bridgehead atoms. The molecule has 0 spiro atoms. The molecule has 208 valence electrons. The summed E-state index contributed by atoms with van der Waals surface area (Å²) in [6.45, 7) is 1.91. The van der Waals surface area contributed by atoms with Crippen LogP contribution in [-0.4, -0.2) is 23.0 Å². The lowest BCUT2D eigenvalue weighted by molar-refractivity contribution is -0.131. The van der Waals surface area contributed by atoms with Crippen LogP contribution in [0.5, 0.6) is 5.75 Å². The van der Waals surface area contributed by atoms with Gasteiger partial charge in [-0.15, -0.1) is 0 Å². The largest absolute Gasteiger partial charge is 0.452 e. The molecule has 41 heavy (non-hydrogen) atoms. The van der Waals surface area contributed by atoms with Crippen LogP contribution in [-0.2, 0) is 9.59 Å².